The van der Waals surface area contributed by atoms with Crippen LogP contribution in [0.15, 0.2) is 285 Å². The summed E-state index contributed by atoms with van der Waals surface area (Å²) in [5.41, 5.74) is -6.78. The Bertz CT molecular complexity index is 5470. The largest absolute Gasteiger partial charge is 0.310 e. The fraction of sp³-hybridized carbons (Fsp3) is 0.0278. The van der Waals surface area contributed by atoms with Gasteiger partial charge in [-0.1, -0.05) is 248 Å². The van der Waals surface area contributed by atoms with Crippen LogP contribution in [0.2, 0.25) is 0 Å². The van der Waals surface area contributed by atoms with E-state index in [1.807, 2.05) is 97.1 Å². The first kappa shape index (κ1) is 23.7. The molecule has 0 fully saturated rings. The lowest BCUT2D eigenvalue weighted by atomic mass is 9.68. The van der Waals surface area contributed by atoms with Crippen LogP contribution in [0.3, 0.4) is 0 Å². The summed E-state index contributed by atoms with van der Waals surface area (Å²) in [5, 5.41) is -1.44. The van der Waals surface area contributed by atoms with E-state index in [-0.39, 0.29) is 5.69 Å². The number of hydrogen-bond acceptors (Lipinski definition) is 1. The maximum absolute atomic E-state index is 10.9. The zero-order chi connectivity index (χ0) is 69.8. The third-order valence-electron chi connectivity index (χ3n) is 14.4. The molecule has 0 aliphatic heterocycles. The van der Waals surface area contributed by atoms with E-state index in [2.05, 4.69) is 0 Å². The number of hydrogen-bond donors (Lipinski definition) is 0. The molecule has 15 rings (SSSR count). The summed E-state index contributed by atoms with van der Waals surface area (Å²) >= 11 is 0. The molecule has 73 heavy (non-hydrogen) atoms. The summed E-state index contributed by atoms with van der Waals surface area (Å²) in [6.07, 6.45) is 0. The van der Waals surface area contributed by atoms with Gasteiger partial charge in [0.2, 0.25) is 0 Å². The predicted molar refractivity (Wildman–Crippen MR) is 303 cm³/mol. The molecule has 0 radical (unpaired) electrons. The Morgan fingerprint density at radius 3 is 1.48 bits per heavy atom. The van der Waals surface area contributed by atoms with Gasteiger partial charge in [-0.05, 0) is 142 Å². The van der Waals surface area contributed by atoms with E-state index in [0.717, 1.165) is 27.8 Å². The summed E-state index contributed by atoms with van der Waals surface area (Å²) in [6, 6.07) is 18.7. The van der Waals surface area contributed by atoms with Crippen LogP contribution in [0.1, 0.15) is 78.8 Å². The first-order valence-corrected chi connectivity index (χ1v) is 23.5. The second-order valence-corrected chi connectivity index (χ2v) is 17.9. The monoisotopic (exact) mass is 951 g/mol. The summed E-state index contributed by atoms with van der Waals surface area (Å²) in [4.78, 5) is 1.59. The van der Waals surface area contributed by atoms with Crippen molar-refractivity contribution in [1.29, 1.82) is 0 Å². The third kappa shape index (κ3) is 5.79. The summed E-state index contributed by atoms with van der Waals surface area (Å²) < 4.78 is 241. The molecule has 0 unspecified atom stereocenters. The van der Waals surface area contributed by atoms with Crippen LogP contribution in [0.25, 0.3) is 66.4 Å². The van der Waals surface area contributed by atoms with Gasteiger partial charge in [-0.25, -0.2) is 0 Å². The second-order valence-electron chi connectivity index (χ2n) is 17.9. The fourth-order valence-electron chi connectivity index (χ4n) is 11.6. The van der Waals surface area contributed by atoms with Gasteiger partial charge in [0.05, 0.1) is 50.8 Å². The van der Waals surface area contributed by atoms with Crippen molar-refractivity contribution in [3.8, 4) is 55.6 Å². The van der Waals surface area contributed by atoms with Crippen molar-refractivity contribution >= 4 is 27.8 Å². The van der Waals surface area contributed by atoms with E-state index in [0.29, 0.717) is 16.9 Å². The molecular formula is C72H47N. The Morgan fingerprint density at radius 1 is 0.301 bits per heavy atom. The van der Waals surface area contributed by atoms with E-state index in [9.17, 15) is 23.3 Å². The van der Waals surface area contributed by atoms with E-state index in [4.69, 9.17) is 11.0 Å². The Hall–Kier alpha value is -9.30. The third-order valence-corrected chi connectivity index (χ3v) is 14.4. The molecule has 12 aromatic rings. The van der Waals surface area contributed by atoms with Crippen LogP contribution in [0.4, 0.5) is 17.1 Å². The highest BCUT2D eigenvalue weighted by Crippen LogP contribution is 2.64. The molecule has 340 valence electrons. The molecule has 3 aliphatic carbocycles. The summed E-state index contributed by atoms with van der Waals surface area (Å²) in [5.74, 6) is 0. The number of anilines is 3. The van der Waals surface area contributed by atoms with Gasteiger partial charge in [0.25, 0.3) is 0 Å². The number of rotatable bonds is 7. The van der Waals surface area contributed by atoms with Gasteiger partial charge in [-0.15, -0.1) is 0 Å². The lowest BCUT2D eigenvalue weighted by Gasteiger charge is -2.34. The topological polar surface area (TPSA) is 3.24 Å². The Balaban J connectivity index is 1.09. The van der Waals surface area contributed by atoms with Gasteiger partial charge in [0.1, 0.15) is 0 Å². The molecule has 0 atom stereocenters. The van der Waals surface area contributed by atoms with Gasteiger partial charge >= 0.3 is 0 Å². The molecular weight excluding hydrogens is 879 g/mol. The van der Waals surface area contributed by atoms with Crippen LogP contribution in [-0.4, -0.2) is 0 Å². The van der Waals surface area contributed by atoms with Crippen LogP contribution in [0.5, 0.6) is 0 Å². The SMILES string of the molecule is [2H]c1c([2H])c([2H])c2c(c1[2H])-c1c([2H])c([2H])c([2H])c([2H])c1C21c2c([2H])c([2H])c([2H])c([2H])c2-c2c([2H])c([2H])c(-c3c(-c4c([2H])c([2H])c(N(c5ccccc5)c5cccc6c5-c5ccccc5C6(c5ccccc5)c5ccccc5)c([2H])c4[2H])c([2H])c([2H])c4c([2H])c([2H])c([2H])c([2H])c34)c([2H])c21. The minimum atomic E-state index is -2.89. The zero-order valence-electron chi connectivity index (χ0n) is 63.1. The molecule has 0 saturated carbocycles. The van der Waals surface area contributed by atoms with Crippen LogP contribution in [-0.2, 0) is 10.8 Å². The highest BCUT2D eigenvalue weighted by molar-refractivity contribution is 6.06. The molecule has 1 heteroatoms. The van der Waals surface area contributed by atoms with Crippen molar-refractivity contribution in [3.05, 3.63) is 329 Å². The molecule has 1 nitrogen and oxygen atoms in total. The number of fused-ring (bicyclic) bond motifs is 14. The van der Waals surface area contributed by atoms with Crippen molar-refractivity contribution in [2.45, 2.75) is 10.8 Å². The summed E-state index contributed by atoms with van der Waals surface area (Å²) in [7, 11) is 0. The molecule has 0 N–H and O–H groups in total. The van der Waals surface area contributed by atoms with Crippen molar-refractivity contribution in [2.24, 2.45) is 0 Å². The average Bonchev–Trinajstić information content (AvgIpc) is 1.47. The Labute approximate surface area is 461 Å². The van der Waals surface area contributed by atoms with Gasteiger partial charge in [0, 0.05) is 16.9 Å². The Morgan fingerprint density at radius 2 is 0.822 bits per heavy atom. The van der Waals surface area contributed by atoms with Crippen molar-refractivity contribution < 1.29 is 34.3 Å². The summed E-state index contributed by atoms with van der Waals surface area (Å²) in [6.45, 7) is 0. The molecule has 0 aromatic heterocycles. The van der Waals surface area contributed by atoms with Crippen molar-refractivity contribution in [3.63, 3.8) is 0 Å². The molecule has 12 aromatic carbocycles. The average molecular weight is 951 g/mol. The highest BCUT2D eigenvalue weighted by atomic mass is 15.1. The van der Waals surface area contributed by atoms with Crippen LogP contribution >= 0.6 is 0 Å². The first-order valence-electron chi connectivity index (χ1n) is 36.0. The molecule has 0 saturated heterocycles. The van der Waals surface area contributed by atoms with Gasteiger partial charge in [0.15, 0.2) is 0 Å². The quantitative estimate of drug-likeness (QED) is 0.154. The van der Waals surface area contributed by atoms with E-state index in [1.165, 1.54) is 0 Å². The molecule has 0 bridgehead atoms. The standard InChI is InChI=1S/C72H47N/c1-4-22-51(23-5-1)71(52-24-6-2-7-25-52)65-36-19-15-32-61(65)70-66(71)37-20-38-68(70)73(53-26-8-3-9-27-53)54-43-39-49(40-44-54)56-45-41-48-21-10-11-28-55(48)69(56)50-42-46-60-59-31-14-18-35-64(59)72(67(60)47-50)62-33-16-12-29-57(62)58-30-13-17-34-63(58)72/h1-47H/i10D,11D,12D,13D,14D,16D,17D,18D,21D,28D,29D,30D,31D,33D,34D,35D,39D,40D,41D,42D,43D,44D,45D,46D,47D. The second kappa shape index (κ2) is 16.1. The predicted octanol–water partition coefficient (Wildman–Crippen LogP) is 18.4. The lowest BCUT2D eigenvalue weighted by molar-refractivity contribution is 0.768. The molecule has 1 spiro atoms. The number of para-hydroxylation sites is 1. The lowest BCUT2D eigenvalue weighted by Crippen LogP contribution is -2.28. The van der Waals surface area contributed by atoms with Gasteiger partial charge in [-0.3, -0.25) is 0 Å². The van der Waals surface area contributed by atoms with Gasteiger partial charge < -0.3 is 4.90 Å². The van der Waals surface area contributed by atoms with Crippen LogP contribution in [0, 0.1) is 0 Å². The maximum Gasteiger partial charge on any atom is 0.0725 e. The Kier molecular flexibility index (Phi) is 5.24. The van der Waals surface area contributed by atoms with E-state index < -0.39 is 239 Å². The maximum atomic E-state index is 10.9. The molecule has 0 heterocycles. The van der Waals surface area contributed by atoms with E-state index in [1.54, 1.807) is 41.3 Å². The molecule has 3 aliphatic rings. The van der Waals surface area contributed by atoms with Gasteiger partial charge in [-0.2, -0.15) is 0 Å². The van der Waals surface area contributed by atoms with Crippen LogP contribution < -0.4 is 4.90 Å². The first-order chi connectivity index (χ1) is 46.7. The van der Waals surface area contributed by atoms with Crippen molar-refractivity contribution in [2.75, 3.05) is 4.90 Å². The number of nitrogens with zero attached hydrogens (tertiary/aromatic N) is 1. The minimum absolute atomic E-state index is 0.333. The zero-order valence-corrected chi connectivity index (χ0v) is 38.1. The highest BCUT2D eigenvalue weighted by Gasteiger charge is 2.52. The van der Waals surface area contributed by atoms with E-state index >= 15 is 0 Å². The minimum Gasteiger partial charge on any atom is -0.310 e. The number of benzene rings is 12. The fourth-order valence-corrected chi connectivity index (χ4v) is 11.6. The molecule has 0 amide bonds. The van der Waals surface area contributed by atoms with Crippen molar-refractivity contribution in [1.82, 2.24) is 0 Å². The smallest absolute Gasteiger partial charge is 0.0725 e. The normalized spacial score (nSPS) is 18.5.